The molecule has 4 rings (SSSR count). The second-order valence-corrected chi connectivity index (χ2v) is 10.2. The molecule has 3 saturated carbocycles. The summed E-state index contributed by atoms with van der Waals surface area (Å²) in [4.78, 5) is 24.6. The number of fused-ring (bicyclic) bond motifs is 3. The predicted molar refractivity (Wildman–Crippen MR) is 92.2 cm³/mol. The van der Waals surface area contributed by atoms with Gasteiger partial charge >= 0.3 is 5.97 Å². The first-order valence-electron chi connectivity index (χ1n) is 9.89. The van der Waals surface area contributed by atoms with Crippen molar-refractivity contribution in [2.24, 2.45) is 39.9 Å². The van der Waals surface area contributed by atoms with Gasteiger partial charge in [-0.3, -0.25) is 4.79 Å². The van der Waals surface area contributed by atoms with E-state index >= 15 is 0 Å². The molecule has 0 spiro atoms. The highest BCUT2D eigenvalue weighted by atomic mass is 16.6. The van der Waals surface area contributed by atoms with E-state index in [1.807, 2.05) is 0 Å². The van der Waals surface area contributed by atoms with Crippen LogP contribution in [0, 0.1) is 39.9 Å². The van der Waals surface area contributed by atoms with Gasteiger partial charge in [-0.15, -0.1) is 0 Å². The van der Waals surface area contributed by atoms with Gasteiger partial charge in [-0.2, -0.15) is 0 Å². The number of carbonyl (C=O) groups is 2. The van der Waals surface area contributed by atoms with Gasteiger partial charge in [0.2, 0.25) is 0 Å². The molecule has 0 radical (unpaired) electrons. The highest BCUT2D eigenvalue weighted by Gasteiger charge is 2.62. The molecule has 134 valence electrons. The van der Waals surface area contributed by atoms with Gasteiger partial charge < -0.3 is 9.53 Å². The van der Waals surface area contributed by atoms with Gasteiger partial charge in [-0.25, -0.2) is 0 Å². The second-order valence-electron chi connectivity index (χ2n) is 10.2. The van der Waals surface area contributed by atoms with Crippen LogP contribution in [-0.2, 0) is 14.3 Å². The number of aldehydes is 1. The third-order valence-corrected chi connectivity index (χ3v) is 9.22. The summed E-state index contributed by atoms with van der Waals surface area (Å²) in [5, 5.41) is 0. The minimum Gasteiger partial charge on any atom is -0.462 e. The molecular formula is C21H32O3. The van der Waals surface area contributed by atoms with Crippen LogP contribution >= 0.6 is 0 Å². The van der Waals surface area contributed by atoms with E-state index in [1.54, 1.807) is 0 Å². The monoisotopic (exact) mass is 332 g/mol. The lowest BCUT2D eigenvalue weighted by atomic mass is 9.48. The molecular weight excluding hydrogens is 300 g/mol. The molecule has 3 aliphatic carbocycles. The third kappa shape index (κ3) is 1.96. The van der Waals surface area contributed by atoms with Crippen molar-refractivity contribution in [1.29, 1.82) is 0 Å². The minimum absolute atomic E-state index is 0.00439. The van der Waals surface area contributed by atoms with Gasteiger partial charge in [0.1, 0.15) is 12.4 Å². The van der Waals surface area contributed by atoms with Crippen LogP contribution in [0.3, 0.4) is 0 Å². The SMILES string of the molecule is CC1(C)CC[C@H]2[C@H](C=O)[C@@H]([C@@]3(C)CC[C@@H]4C[C@H]3C(=O)O4)CC[C@@]21C. The first-order chi connectivity index (χ1) is 11.2. The summed E-state index contributed by atoms with van der Waals surface area (Å²) >= 11 is 0. The normalized spacial score (nSPS) is 52.7. The molecule has 2 bridgehead atoms. The smallest absolute Gasteiger partial charge is 0.309 e. The van der Waals surface area contributed by atoms with Crippen molar-refractivity contribution >= 4 is 12.3 Å². The molecule has 3 heteroatoms. The Balaban J connectivity index is 1.68. The number of rotatable bonds is 2. The third-order valence-electron chi connectivity index (χ3n) is 9.22. The van der Waals surface area contributed by atoms with Gasteiger partial charge in [0.25, 0.3) is 0 Å². The van der Waals surface area contributed by atoms with Crippen LogP contribution in [0.15, 0.2) is 0 Å². The topological polar surface area (TPSA) is 43.4 Å². The molecule has 4 fully saturated rings. The fraction of sp³-hybridized carbons (Fsp3) is 0.905. The predicted octanol–water partition coefficient (Wildman–Crippen LogP) is 4.39. The van der Waals surface area contributed by atoms with Gasteiger partial charge in [0, 0.05) is 5.92 Å². The maximum atomic E-state index is 12.4. The fourth-order valence-corrected chi connectivity index (χ4v) is 7.11. The lowest BCUT2D eigenvalue weighted by Gasteiger charge is -2.55. The van der Waals surface area contributed by atoms with Crippen molar-refractivity contribution in [3.05, 3.63) is 0 Å². The molecule has 24 heavy (non-hydrogen) atoms. The molecule has 3 nitrogen and oxygen atoms in total. The lowest BCUT2D eigenvalue weighted by molar-refractivity contribution is -0.149. The van der Waals surface area contributed by atoms with Crippen molar-refractivity contribution < 1.29 is 14.3 Å². The first kappa shape index (κ1) is 16.6. The Labute approximate surface area is 145 Å². The molecule has 0 aromatic heterocycles. The average Bonchev–Trinajstić information content (AvgIpc) is 2.98. The van der Waals surface area contributed by atoms with Crippen molar-refractivity contribution in [3.63, 3.8) is 0 Å². The summed E-state index contributed by atoms with van der Waals surface area (Å²) in [7, 11) is 0. The first-order valence-corrected chi connectivity index (χ1v) is 9.89. The van der Waals surface area contributed by atoms with E-state index in [0.29, 0.717) is 17.3 Å². The van der Waals surface area contributed by atoms with E-state index in [-0.39, 0.29) is 34.7 Å². The number of hydrogen-bond acceptors (Lipinski definition) is 3. The maximum Gasteiger partial charge on any atom is 0.309 e. The molecule has 1 saturated heterocycles. The van der Waals surface area contributed by atoms with Crippen LogP contribution < -0.4 is 0 Å². The second kappa shape index (κ2) is 5.08. The van der Waals surface area contributed by atoms with E-state index in [0.717, 1.165) is 32.1 Å². The zero-order chi connectivity index (χ0) is 17.3. The van der Waals surface area contributed by atoms with Gasteiger partial charge in [-0.05, 0) is 73.0 Å². The van der Waals surface area contributed by atoms with Crippen LogP contribution in [0.4, 0.5) is 0 Å². The highest BCUT2D eigenvalue weighted by Crippen LogP contribution is 2.67. The summed E-state index contributed by atoms with van der Waals surface area (Å²) in [5.74, 6) is 0.960. The quantitative estimate of drug-likeness (QED) is 0.556. The average molecular weight is 332 g/mol. The van der Waals surface area contributed by atoms with Crippen LogP contribution in [-0.4, -0.2) is 18.4 Å². The van der Waals surface area contributed by atoms with Crippen molar-refractivity contribution in [2.45, 2.75) is 78.7 Å². The molecule has 0 aromatic carbocycles. The van der Waals surface area contributed by atoms with E-state index in [9.17, 15) is 9.59 Å². The molecule has 0 aromatic rings. The van der Waals surface area contributed by atoms with E-state index < -0.39 is 0 Å². The molecule has 4 aliphatic rings. The lowest BCUT2D eigenvalue weighted by Crippen LogP contribution is -2.52. The van der Waals surface area contributed by atoms with Crippen LogP contribution in [0.5, 0.6) is 0 Å². The van der Waals surface area contributed by atoms with E-state index in [2.05, 4.69) is 27.7 Å². The molecule has 1 heterocycles. The van der Waals surface area contributed by atoms with Crippen LogP contribution in [0.2, 0.25) is 0 Å². The zero-order valence-corrected chi connectivity index (χ0v) is 15.6. The Kier molecular flexibility index (Phi) is 3.51. The molecule has 0 N–H and O–H groups in total. The minimum atomic E-state index is -0.0519. The highest BCUT2D eigenvalue weighted by molar-refractivity contribution is 5.76. The van der Waals surface area contributed by atoms with Gasteiger partial charge in [0.05, 0.1) is 5.92 Å². The summed E-state index contributed by atoms with van der Waals surface area (Å²) in [5.41, 5.74) is 0.525. The molecule has 7 atom stereocenters. The Morgan fingerprint density at radius 1 is 1.00 bits per heavy atom. The fourth-order valence-electron chi connectivity index (χ4n) is 7.11. The van der Waals surface area contributed by atoms with Crippen molar-refractivity contribution in [3.8, 4) is 0 Å². The Bertz CT molecular complexity index is 567. The Morgan fingerprint density at radius 2 is 1.71 bits per heavy atom. The Hall–Kier alpha value is -0.860. The van der Waals surface area contributed by atoms with Crippen LogP contribution in [0.25, 0.3) is 0 Å². The molecule has 0 unspecified atom stereocenters. The summed E-state index contributed by atoms with van der Waals surface area (Å²) in [6.07, 6.45) is 8.96. The summed E-state index contributed by atoms with van der Waals surface area (Å²) < 4.78 is 5.55. The number of hydrogen-bond donors (Lipinski definition) is 0. The van der Waals surface area contributed by atoms with Gasteiger partial charge in [-0.1, -0.05) is 27.7 Å². The molecule has 0 amide bonds. The van der Waals surface area contributed by atoms with E-state index in [1.165, 1.54) is 19.1 Å². The Morgan fingerprint density at radius 3 is 2.42 bits per heavy atom. The van der Waals surface area contributed by atoms with Crippen LogP contribution in [0.1, 0.15) is 72.6 Å². The molecule has 1 aliphatic heterocycles. The van der Waals surface area contributed by atoms with Crippen molar-refractivity contribution in [1.82, 2.24) is 0 Å². The summed E-state index contributed by atoms with van der Waals surface area (Å²) in [6, 6.07) is 0. The number of carbonyl (C=O) groups excluding carboxylic acids is 2. The van der Waals surface area contributed by atoms with Crippen molar-refractivity contribution in [2.75, 3.05) is 0 Å². The number of ether oxygens (including phenoxy) is 1. The largest absolute Gasteiger partial charge is 0.462 e. The van der Waals surface area contributed by atoms with Gasteiger partial charge in [0.15, 0.2) is 0 Å². The number of esters is 1. The standard InChI is InChI=1S/C21H32O3/c1-19(2)8-6-16-14(12-22)15(7-10-21(16,19)4)20(3)9-5-13-11-17(20)18(23)24-13/h12-17H,5-11H2,1-4H3/t13-,14-,15+,16+,17+,20-,21+/m1/s1. The zero-order valence-electron chi connectivity index (χ0n) is 15.6. The maximum absolute atomic E-state index is 12.4. The van der Waals surface area contributed by atoms with E-state index in [4.69, 9.17) is 4.74 Å². The summed E-state index contributed by atoms with van der Waals surface area (Å²) in [6.45, 7) is 9.47.